The van der Waals surface area contributed by atoms with E-state index in [1.165, 1.54) is 23.5 Å². The maximum atomic E-state index is 13.1. The molecule has 0 aliphatic carbocycles. The van der Waals surface area contributed by atoms with Crippen LogP contribution in [0.3, 0.4) is 0 Å². The fourth-order valence-corrected chi connectivity index (χ4v) is 5.89. The van der Waals surface area contributed by atoms with Gasteiger partial charge < -0.3 is 4.90 Å². The molecule has 140 valence electrons. The lowest BCUT2D eigenvalue weighted by Crippen LogP contribution is -2.36. The number of thioether (sulfide) groups is 2. The Labute approximate surface area is 170 Å². The second-order valence-corrected chi connectivity index (χ2v) is 9.61. The monoisotopic (exact) mass is 396 g/mol. The van der Waals surface area contributed by atoms with E-state index in [-0.39, 0.29) is 11.9 Å². The maximum absolute atomic E-state index is 13.1. The second-order valence-electron chi connectivity index (χ2n) is 6.88. The van der Waals surface area contributed by atoms with Crippen molar-refractivity contribution in [1.29, 1.82) is 5.26 Å². The van der Waals surface area contributed by atoms with Crippen LogP contribution in [0.25, 0.3) is 0 Å². The third-order valence-electron chi connectivity index (χ3n) is 4.58. The summed E-state index contributed by atoms with van der Waals surface area (Å²) in [6.07, 6.45) is 1.28. The fraction of sp³-hybridized carbons (Fsp3) is 0.364. The number of nitriles is 1. The van der Waals surface area contributed by atoms with Crippen molar-refractivity contribution in [3.63, 3.8) is 0 Å². The summed E-state index contributed by atoms with van der Waals surface area (Å²) in [7, 11) is 0. The Balaban J connectivity index is 1.73. The Morgan fingerprint density at radius 3 is 2.30 bits per heavy atom. The Bertz CT molecular complexity index is 804. The highest BCUT2D eigenvalue weighted by molar-refractivity contribution is 8.16. The van der Waals surface area contributed by atoms with Crippen molar-refractivity contribution in [2.75, 3.05) is 11.5 Å². The molecule has 3 rings (SSSR count). The number of nitrogens with zero attached hydrogens (tertiary/aromatic N) is 2. The predicted octanol–water partition coefficient (Wildman–Crippen LogP) is 5.48. The molecule has 0 atom stereocenters. The van der Waals surface area contributed by atoms with Crippen LogP contribution in [0.5, 0.6) is 0 Å². The number of carbonyl (C=O) groups excluding carboxylic acids is 1. The standard InChI is InChI=1S/C22H24N2OS2/c1-16(2)24(15-18-6-4-17(14-23)5-7-18)21(25)19-8-10-20(11-9-19)22-26-12-3-13-27-22/h4-11,16,22H,3,12-13,15H2,1-2H3. The molecule has 0 saturated carbocycles. The Morgan fingerprint density at radius 1 is 1.11 bits per heavy atom. The van der Waals surface area contributed by atoms with Gasteiger partial charge in [-0.05, 0) is 67.2 Å². The van der Waals surface area contributed by atoms with Crippen LogP contribution in [-0.4, -0.2) is 28.4 Å². The summed E-state index contributed by atoms with van der Waals surface area (Å²) < 4.78 is 0.489. The molecule has 2 aromatic rings. The van der Waals surface area contributed by atoms with Crippen molar-refractivity contribution >= 4 is 29.4 Å². The first-order valence-electron chi connectivity index (χ1n) is 9.21. The number of rotatable bonds is 5. The number of carbonyl (C=O) groups is 1. The van der Waals surface area contributed by atoms with Crippen molar-refractivity contribution in [3.8, 4) is 6.07 Å². The van der Waals surface area contributed by atoms with E-state index in [9.17, 15) is 4.79 Å². The third-order valence-corrected chi connectivity index (χ3v) is 7.59. The molecule has 1 heterocycles. The molecule has 5 heteroatoms. The Morgan fingerprint density at radius 2 is 1.74 bits per heavy atom. The first-order valence-corrected chi connectivity index (χ1v) is 11.3. The van der Waals surface area contributed by atoms with Gasteiger partial charge in [0, 0.05) is 18.2 Å². The summed E-state index contributed by atoms with van der Waals surface area (Å²) in [5.74, 6) is 2.47. The van der Waals surface area contributed by atoms with E-state index in [1.807, 2.05) is 66.5 Å². The molecular weight excluding hydrogens is 372 g/mol. The number of hydrogen-bond acceptors (Lipinski definition) is 4. The molecule has 0 unspecified atom stereocenters. The minimum Gasteiger partial charge on any atom is -0.332 e. The van der Waals surface area contributed by atoms with Crippen LogP contribution in [-0.2, 0) is 6.54 Å². The summed E-state index contributed by atoms with van der Waals surface area (Å²) in [6.45, 7) is 4.61. The van der Waals surface area contributed by atoms with E-state index < -0.39 is 0 Å². The van der Waals surface area contributed by atoms with Crippen molar-refractivity contribution in [3.05, 3.63) is 70.8 Å². The molecule has 1 fully saturated rings. The van der Waals surface area contributed by atoms with Gasteiger partial charge in [0.05, 0.1) is 16.2 Å². The largest absolute Gasteiger partial charge is 0.332 e. The lowest BCUT2D eigenvalue weighted by molar-refractivity contribution is 0.0690. The first kappa shape index (κ1) is 19.9. The zero-order chi connectivity index (χ0) is 19.2. The normalized spacial score (nSPS) is 14.7. The third kappa shape index (κ3) is 5.09. The minimum atomic E-state index is 0.0462. The van der Waals surface area contributed by atoms with Crippen LogP contribution in [0.4, 0.5) is 0 Å². The quantitative estimate of drug-likeness (QED) is 0.671. The highest BCUT2D eigenvalue weighted by Gasteiger charge is 2.21. The topological polar surface area (TPSA) is 44.1 Å². The highest BCUT2D eigenvalue weighted by Crippen LogP contribution is 2.43. The van der Waals surface area contributed by atoms with Gasteiger partial charge in [-0.2, -0.15) is 5.26 Å². The molecular formula is C22H24N2OS2. The van der Waals surface area contributed by atoms with E-state index in [0.29, 0.717) is 16.7 Å². The molecule has 1 amide bonds. The molecule has 1 saturated heterocycles. The van der Waals surface area contributed by atoms with Gasteiger partial charge in [-0.1, -0.05) is 24.3 Å². The summed E-state index contributed by atoms with van der Waals surface area (Å²) in [4.78, 5) is 14.9. The second kappa shape index (κ2) is 9.34. The van der Waals surface area contributed by atoms with Gasteiger partial charge in [0.15, 0.2) is 0 Å². The predicted molar refractivity (Wildman–Crippen MR) is 115 cm³/mol. The van der Waals surface area contributed by atoms with E-state index in [2.05, 4.69) is 18.2 Å². The molecule has 1 aliphatic heterocycles. The van der Waals surface area contributed by atoms with E-state index in [4.69, 9.17) is 5.26 Å². The summed E-state index contributed by atoms with van der Waals surface area (Å²) >= 11 is 3.98. The van der Waals surface area contributed by atoms with E-state index in [0.717, 1.165) is 11.1 Å². The Hall–Kier alpha value is -1.90. The maximum Gasteiger partial charge on any atom is 0.254 e. The smallest absolute Gasteiger partial charge is 0.254 e. The van der Waals surface area contributed by atoms with Crippen LogP contribution in [0.15, 0.2) is 48.5 Å². The van der Waals surface area contributed by atoms with Crippen molar-refractivity contribution in [1.82, 2.24) is 4.90 Å². The van der Waals surface area contributed by atoms with Crippen molar-refractivity contribution < 1.29 is 4.79 Å². The van der Waals surface area contributed by atoms with Gasteiger partial charge in [0.1, 0.15) is 0 Å². The summed E-state index contributed by atoms with van der Waals surface area (Å²) in [5.41, 5.74) is 3.69. The lowest BCUT2D eigenvalue weighted by Gasteiger charge is -2.27. The van der Waals surface area contributed by atoms with Gasteiger partial charge in [-0.3, -0.25) is 4.79 Å². The van der Waals surface area contributed by atoms with E-state index in [1.54, 1.807) is 12.1 Å². The summed E-state index contributed by atoms with van der Waals surface area (Å²) in [5, 5.41) is 8.93. The molecule has 3 nitrogen and oxygen atoms in total. The van der Waals surface area contributed by atoms with Crippen LogP contribution >= 0.6 is 23.5 Å². The zero-order valence-corrected chi connectivity index (χ0v) is 17.4. The summed E-state index contributed by atoms with van der Waals surface area (Å²) in [6, 6.07) is 17.8. The number of hydrogen-bond donors (Lipinski definition) is 0. The first-order chi connectivity index (χ1) is 13.1. The van der Waals surface area contributed by atoms with Gasteiger partial charge in [-0.25, -0.2) is 0 Å². The number of amides is 1. The molecule has 2 aromatic carbocycles. The lowest BCUT2D eigenvalue weighted by atomic mass is 10.1. The van der Waals surface area contributed by atoms with Crippen molar-refractivity contribution in [2.45, 2.75) is 37.4 Å². The van der Waals surface area contributed by atoms with Crippen molar-refractivity contribution in [2.24, 2.45) is 0 Å². The highest BCUT2D eigenvalue weighted by atomic mass is 32.2. The van der Waals surface area contributed by atoms with E-state index >= 15 is 0 Å². The van der Waals surface area contributed by atoms with Gasteiger partial charge >= 0.3 is 0 Å². The molecule has 27 heavy (non-hydrogen) atoms. The number of benzene rings is 2. The molecule has 1 aliphatic rings. The zero-order valence-electron chi connectivity index (χ0n) is 15.7. The van der Waals surface area contributed by atoms with Gasteiger partial charge in [-0.15, -0.1) is 23.5 Å². The molecule has 0 bridgehead atoms. The van der Waals surface area contributed by atoms with Crippen LogP contribution < -0.4 is 0 Å². The average molecular weight is 397 g/mol. The molecule has 0 radical (unpaired) electrons. The van der Waals surface area contributed by atoms with Crippen LogP contribution in [0, 0.1) is 11.3 Å². The molecule has 0 aromatic heterocycles. The SMILES string of the molecule is CC(C)N(Cc1ccc(C#N)cc1)C(=O)c1ccc(C2SCCCS2)cc1. The Kier molecular flexibility index (Phi) is 6.87. The van der Waals surface area contributed by atoms with Gasteiger partial charge in [0.2, 0.25) is 0 Å². The van der Waals surface area contributed by atoms with Gasteiger partial charge in [0.25, 0.3) is 5.91 Å². The minimum absolute atomic E-state index is 0.0462. The molecule has 0 N–H and O–H groups in total. The van der Waals surface area contributed by atoms with Crippen LogP contribution in [0.1, 0.15) is 51.9 Å². The molecule has 0 spiro atoms. The van der Waals surface area contributed by atoms with Crippen LogP contribution in [0.2, 0.25) is 0 Å². The fourth-order valence-electron chi connectivity index (χ4n) is 3.00. The average Bonchev–Trinajstić information content (AvgIpc) is 2.72.